The van der Waals surface area contributed by atoms with Crippen molar-refractivity contribution in [3.63, 3.8) is 0 Å². The number of nitrogens with zero attached hydrogens (tertiary/aromatic N) is 1. The molecule has 0 aliphatic heterocycles. The predicted molar refractivity (Wildman–Crippen MR) is 78.3 cm³/mol. The Morgan fingerprint density at radius 1 is 1.15 bits per heavy atom. The number of carboxylic acid groups (broad SMARTS) is 1. The van der Waals surface area contributed by atoms with Gasteiger partial charge < -0.3 is 9.67 Å². The van der Waals surface area contributed by atoms with Gasteiger partial charge in [0, 0.05) is 30.1 Å². The smallest absolute Gasteiger partial charge is 0.303 e. The standard InChI is InChI=1S/C16H19NO3/c1-9-7-10(2)16-12(8-9)15(11(3)17(16)4)13(18)5-6-14(19)20/h7-8H,5-6H2,1-4H3,(H,19,20). The van der Waals surface area contributed by atoms with E-state index in [4.69, 9.17) is 5.11 Å². The van der Waals surface area contributed by atoms with Crippen molar-refractivity contribution in [1.82, 2.24) is 4.57 Å². The van der Waals surface area contributed by atoms with Crippen LogP contribution in [0.2, 0.25) is 0 Å². The van der Waals surface area contributed by atoms with Crippen LogP contribution in [0.3, 0.4) is 0 Å². The van der Waals surface area contributed by atoms with Gasteiger partial charge in [0.1, 0.15) is 0 Å². The van der Waals surface area contributed by atoms with Crippen LogP contribution in [-0.4, -0.2) is 21.4 Å². The third-order valence-electron chi connectivity index (χ3n) is 3.76. The summed E-state index contributed by atoms with van der Waals surface area (Å²) in [5.41, 5.74) is 4.84. The van der Waals surface area contributed by atoms with Crippen LogP contribution in [-0.2, 0) is 11.8 Å². The zero-order chi connectivity index (χ0) is 15.0. The second-order valence-electron chi connectivity index (χ2n) is 5.31. The van der Waals surface area contributed by atoms with Gasteiger partial charge in [0.05, 0.1) is 11.9 Å². The highest BCUT2D eigenvalue weighted by Gasteiger charge is 2.20. The molecule has 1 aromatic heterocycles. The number of benzene rings is 1. The average Bonchev–Trinajstić information content (AvgIpc) is 2.59. The maximum Gasteiger partial charge on any atom is 0.303 e. The third kappa shape index (κ3) is 2.33. The lowest BCUT2D eigenvalue weighted by atomic mass is 10.0. The van der Waals surface area contributed by atoms with Crippen LogP contribution >= 0.6 is 0 Å². The second kappa shape index (κ2) is 5.12. The van der Waals surface area contributed by atoms with Crippen LogP contribution in [0.15, 0.2) is 12.1 Å². The molecule has 0 spiro atoms. The first kappa shape index (κ1) is 14.3. The Morgan fingerprint density at radius 2 is 1.80 bits per heavy atom. The zero-order valence-corrected chi connectivity index (χ0v) is 12.3. The lowest BCUT2D eigenvalue weighted by Gasteiger charge is -2.03. The Labute approximate surface area is 118 Å². The van der Waals surface area contributed by atoms with E-state index in [2.05, 4.69) is 6.07 Å². The second-order valence-corrected chi connectivity index (χ2v) is 5.31. The van der Waals surface area contributed by atoms with Crippen molar-refractivity contribution in [2.24, 2.45) is 7.05 Å². The van der Waals surface area contributed by atoms with Gasteiger partial charge in [-0.15, -0.1) is 0 Å². The van der Waals surface area contributed by atoms with Crippen LogP contribution in [0.4, 0.5) is 0 Å². The minimum atomic E-state index is -0.941. The molecule has 106 valence electrons. The lowest BCUT2D eigenvalue weighted by Crippen LogP contribution is -2.05. The van der Waals surface area contributed by atoms with Crippen molar-refractivity contribution in [1.29, 1.82) is 0 Å². The Kier molecular flexibility index (Phi) is 3.66. The number of carbonyl (C=O) groups is 2. The van der Waals surface area contributed by atoms with Gasteiger partial charge in [-0.3, -0.25) is 9.59 Å². The molecule has 0 aliphatic carbocycles. The van der Waals surface area contributed by atoms with E-state index in [-0.39, 0.29) is 18.6 Å². The molecular formula is C16H19NO3. The van der Waals surface area contributed by atoms with Crippen LogP contribution in [0.5, 0.6) is 0 Å². The predicted octanol–water partition coefficient (Wildman–Crippen LogP) is 3.15. The average molecular weight is 273 g/mol. The first-order chi connectivity index (χ1) is 9.32. The van der Waals surface area contributed by atoms with E-state index in [0.29, 0.717) is 5.56 Å². The van der Waals surface area contributed by atoms with Gasteiger partial charge in [-0.25, -0.2) is 0 Å². The number of ketones is 1. The number of fused-ring (bicyclic) bond motifs is 1. The highest BCUT2D eigenvalue weighted by atomic mass is 16.4. The molecule has 0 atom stereocenters. The Morgan fingerprint density at radius 3 is 2.40 bits per heavy atom. The lowest BCUT2D eigenvalue weighted by molar-refractivity contribution is -0.136. The van der Waals surface area contributed by atoms with Crippen LogP contribution < -0.4 is 0 Å². The fourth-order valence-electron chi connectivity index (χ4n) is 2.82. The molecule has 2 aromatic rings. The minimum absolute atomic E-state index is 0.0439. The maximum atomic E-state index is 12.3. The topological polar surface area (TPSA) is 59.3 Å². The normalized spacial score (nSPS) is 11.0. The van der Waals surface area contributed by atoms with Gasteiger partial charge in [0.25, 0.3) is 0 Å². The minimum Gasteiger partial charge on any atom is -0.481 e. The Balaban J connectivity index is 2.61. The van der Waals surface area contributed by atoms with Gasteiger partial charge in [-0.2, -0.15) is 0 Å². The summed E-state index contributed by atoms with van der Waals surface area (Å²) in [7, 11) is 1.94. The monoisotopic (exact) mass is 273 g/mol. The molecule has 1 heterocycles. The molecule has 0 amide bonds. The molecule has 2 rings (SSSR count). The first-order valence-electron chi connectivity index (χ1n) is 6.64. The van der Waals surface area contributed by atoms with E-state index in [0.717, 1.165) is 27.7 Å². The Hall–Kier alpha value is -2.10. The number of aryl methyl sites for hydroxylation is 3. The SMILES string of the molecule is Cc1cc(C)c2c(c1)c(C(=O)CCC(=O)O)c(C)n2C. The van der Waals surface area contributed by atoms with E-state index in [1.807, 2.05) is 38.5 Å². The molecular weight excluding hydrogens is 254 g/mol. The molecule has 0 fully saturated rings. The molecule has 1 aromatic carbocycles. The summed E-state index contributed by atoms with van der Waals surface area (Å²) in [6.07, 6.45) is -0.0816. The van der Waals surface area contributed by atoms with Crippen molar-refractivity contribution in [3.05, 3.63) is 34.5 Å². The van der Waals surface area contributed by atoms with Crippen molar-refractivity contribution >= 4 is 22.7 Å². The van der Waals surface area contributed by atoms with Gasteiger partial charge in [-0.05, 0) is 32.4 Å². The molecule has 4 heteroatoms. The number of carbonyl (C=O) groups excluding carboxylic acids is 1. The maximum absolute atomic E-state index is 12.3. The van der Waals surface area contributed by atoms with Gasteiger partial charge in [-0.1, -0.05) is 11.6 Å². The fourth-order valence-corrected chi connectivity index (χ4v) is 2.82. The number of rotatable bonds is 4. The van der Waals surface area contributed by atoms with Gasteiger partial charge in [0.15, 0.2) is 5.78 Å². The molecule has 4 nitrogen and oxygen atoms in total. The number of aromatic nitrogens is 1. The van der Waals surface area contributed by atoms with Crippen molar-refractivity contribution < 1.29 is 14.7 Å². The molecule has 0 radical (unpaired) electrons. The number of aliphatic carboxylic acids is 1. The quantitative estimate of drug-likeness (QED) is 0.870. The largest absolute Gasteiger partial charge is 0.481 e. The van der Waals surface area contributed by atoms with Crippen molar-refractivity contribution in [2.45, 2.75) is 33.6 Å². The molecule has 20 heavy (non-hydrogen) atoms. The molecule has 0 saturated carbocycles. The summed E-state index contributed by atoms with van der Waals surface area (Å²) >= 11 is 0. The summed E-state index contributed by atoms with van der Waals surface area (Å²) in [6, 6.07) is 4.09. The van der Waals surface area contributed by atoms with E-state index >= 15 is 0 Å². The third-order valence-corrected chi connectivity index (χ3v) is 3.76. The molecule has 1 N–H and O–H groups in total. The molecule has 0 saturated heterocycles. The molecule has 0 aliphatic rings. The summed E-state index contributed by atoms with van der Waals surface area (Å²) in [4.78, 5) is 23.0. The fraction of sp³-hybridized carbons (Fsp3) is 0.375. The zero-order valence-electron chi connectivity index (χ0n) is 12.3. The van der Waals surface area contributed by atoms with Crippen LogP contribution in [0, 0.1) is 20.8 Å². The van der Waals surface area contributed by atoms with E-state index in [1.54, 1.807) is 0 Å². The van der Waals surface area contributed by atoms with Crippen LogP contribution in [0.1, 0.15) is 40.0 Å². The number of Topliss-reactive ketones (excluding diaryl/α,β-unsaturated/α-hetero) is 1. The van der Waals surface area contributed by atoms with E-state index in [1.165, 1.54) is 0 Å². The van der Waals surface area contributed by atoms with E-state index < -0.39 is 5.97 Å². The summed E-state index contributed by atoms with van der Waals surface area (Å²) in [5, 5.41) is 9.66. The van der Waals surface area contributed by atoms with Crippen molar-refractivity contribution in [3.8, 4) is 0 Å². The number of carboxylic acids is 1. The summed E-state index contributed by atoms with van der Waals surface area (Å²) < 4.78 is 2.01. The summed E-state index contributed by atoms with van der Waals surface area (Å²) in [5.74, 6) is -1.04. The van der Waals surface area contributed by atoms with Crippen LogP contribution in [0.25, 0.3) is 10.9 Å². The molecule has 0 bridgehead atoms. The Bertz CT molecular complexity index is 710. The van der Waals surface area contributed by atoms with E-state index in [9.17, 15) is 9.59 Å². The first-order valence-corrected chi connectivity index (χ1v) is 6.64. The highest BCUT2D eigenvalue weighted by molar-refractivity contribution is 6.10. The van der Waals surface area contributed by atoms with Gasteiger partial charge in [0.2, 0.25) is 0 Å². The highest BCUT2D eigenvalue weighted by Crippen LogP contribution is 2.29. The van der Waals surface area contributed by atoms with Crippen molar-refractivity contribution in [2.75, 3.05) is 0 Å². The summed E-state index contributed by atoms with van der Waals surface area (Å²) in [6.45, 7) is 5.93. The van der Waals surface area contributed by atoms with Gasteiger partial charge >= 0.3 is 5.97 Å². The number of hydrogen-bond acceptors (Lipinski definition) is 2. The molecule has 0 unspecified atom stereocenters. The number of hydrogen-bond donors (Lipinski definition) is 1.